The largest absolute Gasteiger partial charge is 0.461 e. The number of cyclic esters (lactones) is 1. The van der Waals surface area contributed by atoms with Gasteiger partial charge in [0.25, 0.3) is 11.8 Å². The molecule has 2 N–H and O–H groups in total. The number of fused-ring (bicyclic) bond motifs is 1. The summed E-state index contributed by atoms with van der Waals surface area (Å²) >= 11 is 0. The topological polar surface area (TPSA) is 126 Å². The van der Waals surface area contributed by atoms with E-state index in [2.05, 4.69) is 11.1 Å². The van der Waals surface area contributed by atoms with E-state index in [1.165, 1.54) is 13.0 Å². The van der Waals surface area contributed by atoms with Gasteiger partial charge in [0.1, 0.15) is 12.2 Å². The van der Waals surface area contributed by atoms with E-state index in [4.69, 9.17) is 10.6 Å². The lowest BCUT2D eigenvalue weighted by molar-refractivity contribution is -0.185. The summed E-state index contributed by atoms with van der Waals surface area (Å²) in [4.78, 5) is 42.4. The van der Waals surface area contributed by atoms with E-state index >= 15 is 8.78 Å². The molecule has 1 aliphatic carbocycles. The number of esters is 1. The Kier molecular flexibility index (Phi) is 6.93. The minimum atomic E-state index is -3.42. The number of alkyl halides is 2. The van der Waals surface area contributed by atoms with Crippen molar-refractivity contribution in [2.45, 2.75) is 46.1 Å². The number of carbonyl (C=O) groups excluding carboxylic acids is 3. The number of hydrogen-bond acceptors (Lipinski definition) is 7. The lowest BCUT2D eigenvalue weighted by Gasteiger charge is -2.47. The third-order valence-corrected chi connectivity index (χ3v) is 7.82. The van der Waals surface area contributed by atoms with Crippen LogP contribution in [0.25, 0.3) is 17.2 Å². The lowest BCUT2D eigenvalue weighted by Crippen LogP contribution is -2.62. The van der Waals surface area contributed by atoms with Crippen molar-refractivity contribution in [3.05, 3.63) is 59.4 Å². The van der Waals surface area contributed by atoms with Gasteiger partial charge < -0.3 is 4.74 Å². The van der Waals surface area contributed by atoms with Crippen LogP contribution in [0.15, 0.2) is 42.6 Å². The van der Waals surface area contributed by atoms with Gasteiger partial charge in [0.2, 0.25) is 5.91 Å². The first-order chi connectivity index (χ1) is 17.8. The van der Waals surface area contributed by atoms with E-state index in [-0.39, 0.29) is 5.01 Å². The van der Waals surface area contributed by atoms with E-state index in [0.29, 0.717) is 11.3 Å². The number of aromatic nitrogens is 1. The van der Waals surface area contributed by atoms with Crippen molar-refractivity contribution in [3.8, 4) is 17.2 Å². The average Bonchev–Trinajstić information content (AvgIpc) is 3.12. The van der Waals surface area contributed by atoms with Crippen LogP contribution in [0.4, 0.5) is 8.78 Å². The quantitative estimate of drug-likeness (QED) is 0.211. The Balaban J connectivity index is 1.71. The zero-order chi connectivity index (χ0) is 28.0. The van der Waals surface area contributed by atoms with Crippen LogP contribution in [0.3, 0.4) is 0 Å². The Morgan fingerprint density at radius 3 is 2.58 bits per heavy atom. The molecule has 5 atom stereocenters. The monoisotopic (exact) mass is 522 g/mol. The van der Waals surface area contributed by atoms with E-state index in [0.717, 1.165) is 23.6 Å². The maximum Gasteiger partial charge on any atom is 0.322 e. The van der Waals surface area contributed by atoms with Gasteiger partial charge in [-0.05, 0) is 37.5 Å². The molecule has 2 aliphatic rings. The Bertz CT molecular complexity index is 1370. The van der Waals surface area contributed by atoms with Crippen LogP contribution >= 0.6 is 0 Å². The van der Waals surface area contributed by atoms with Gasteiger partial charge >= 0.3 is 5.97 Å². The Labute approximate surface area is 219 Å². The zero-order valence-electron chi connectivity index (χ0n) is 21.4. The Morgan fingerprint density at radius 1 is 1.26 bits per heavy atom. The van der Waals surface area contributed by atoms with E-state index < -0.39 is 59.4 Å². The van der Waals surface area contributed by atoms with Crippen LogP contribution in [0.1, 0.15) is 44.0 Å². The summed E-state index contributed by atoms with van der Waals surface area (Å²) in [6, 6.07) is 11.2. The van der Waals surface area contributed by atoms with Gasteiger partial charge in [0.15, 0.2) is 5.41 Å². The molecule has 4 rings (SSSR count). The van der Waals surface area contributed by atoms with Crippen LogP contribution in [0.2, 0.25) is 0 Å². The molecular weight excluding hydrogens is 494 g/mol. The maximum atomic E-state index is 15.3. The lowest BCUT2D eigenvalue weighted by atomic mass is 9.56. The molecule has 0 radical (unpaired) electrons. The summed E-state index contributed by atoms with van der Waals surface area (Å²) in [7, 11) is 0. The number of carbonyl (C=O) groups is 3. The Morgan fingerprint density at radius 2 is 1.97 bits per heavy atom. The number of imide groups is 1. The predicted molar refractivity (Wildman–Crippen MR) is 134 cm³/mol. The molecule has 0 unspecified atom stereocenters. The highest BCUT2D eigenvalue weighted by Gasteiger charge is 2.72. The van der Waals surface area contributed by atoms with E-state index in [1.807, 2.05) is 25.1 Å². The number of nitriles is 1. The first-order valence-electron chi connectivity index (χ1n) is 12.2. The first kappa shape index (κ1) is 27.1. The first-order valence-corrected chi connectivity index (χ1v) is 12.2. The van der Waals surface area contributed by atoms with Crippen LogP contribution in [0.5, 0.6) is 0 Å². The number of benzene rings is 1. The number of allylic oxidation sites excluding steroid dienone is 1. The number of pyridine rings is 1. The molecular formula is C28H28F2N4O4. The van der Waals surface area contributed by atoms with Gasteiger partial charge in [0.05, 0.1) is 11.3 Å². The molecule has 0 bridgehead atoms. The molecule has 1 saturated heterocycles. The fourth-order valence-corrected chi connectivity index (χ4v) is 5.72. The number of rotatable bonds is 4. The normalized spacial score (nSPS) is 27.9. The molecule has 2 amide bonds. The number of ether oxygens (including phenoxy) is 1. The molecule has 1 aromatic heterocycles. The molecule has 2 aromatic rings. The summed E-state index contributed by atoms with van der Waals surface area (Å²) in [6.45, 7) is 5.77. The van der Waals surface area contributed by atoms with Gasteiger partial charge in [0, 0.05) is 42.5 Å². The van der Waals surface area contributed by atoms with Crippen molar-refractivity contribution in [1.82, 2.24) is 9.99 Å². The maximum absolute atomic E-state index is 15.3. The number of halogens is 2. The van der Waals surface area contributed by atoms with E-state index in [1.54, 1.807) is 31.3 Å². The standard InChI is InChI=1S/C28H28F2N4O4/c1-15-6-5-7-22(23(15)12-31)19-8-9-20(33-13-19)10-11-21-16(2)28(29,30)14-27(25(36)34(32)18(4)35)24(21)17(3)38-26(27)37/h5-11,13,16-17,21,24H,14,32H2,1-4H3/t16-,17+,21-,24-,27+/m0/s1. The Hall–Kier alpha value is -3.97. The molecule has 1 saturated carbocycles. The average molecular weight is 523 g/mol. The van der Waals surface area contributed by atoms with Gasteiger partial charge in [-0.3, -0.25) is 19.4 Å². The number of aryl methyl sites for hydroxylation is 1. The van der Waals surface area contributed by atoms with E-state index in [9.17, 15) is 19.6 Å². The zero-order valence-corrected chi connectivity index (χ0v) is 21.4. The molecule has 1 aromatic carbocycles. The van der Waals surface area contributed by atoms with Crippen molar-refractivity contribution in [3.63, 3.8) is 0 Å². The molecule has 10 heteroatoms. The number of nitrogens with zero attached hydrogens (tertiary/aromatic N) is 3. The van der Waals surface area contributed by atoms with Crippen LogP contribution in [-0.4, -0.2) is 39.8 Å². The minimum absolute atomic E-state index is 0.222. The van der Waals surface area contributed by atoms with Gasteiger partial charge in [-0.25, -0.2) is 19.6 Å². The van der Waals surface area contributed by atoms with Crippen molar-refractivity contribution < 1.29 is 27.9 Å². The number of hydrazine groups is 1. The highest BCUT2D eigenvalue weighted by atomic mass is 19.3. The third kappa shape index (κ3) is 4.27. The van der Waals surface area contributed by atoms with Gasteiger partial charge in [-0.2, -0.15) is 5.26 Å². The predicted octanol–water partition coefficient (Wildman–Crippen LogP) is 4.03. The summed E-state index contributed by atoms with van der Waals surface area (Å²) in [5.41, 5.74) is 0.992. The fraction of sp³-hybridized carbons (Fsp3) is 0.393. The summed E-state index contributed by atoms with van der Waals surface area (Å²) in [5, 5.41) is 9.74. The highest BCUT2D eigenvalue weighted by Crippen LogP contribution is 2.60. The molecule has 0 spiro atoms. The third-order valence-electron chi connectivity index (χ3n) is 7.82. The highest BCUT2D eigenvalue weighted by molar-refractivity contribution is 6.09. The molecule has 38 heavy (non-hydrogen) atoms. The fourth-order valence-electron chi connectivity index (χ4n) is 5.72. The molecule has 1 aliphatic heterocycles. The summed E-state index contributed by atoms with van der Waals surface area (Å²) in [5.74, 6) is -4.15. The molecule has 8 nitrogen and oxygen atoms in total. The van der Waals surface area contributed by atoms with Crippen molar-refractivity contribution in [2.75, 3.05) is 0 Å². The number of hydrogen-bond donors (Lipinski definition) is 1. The minimum Gasteiger partial charge on any atom is -0.461 e. The number of nitrogens with two attached hydrogens (primary N) is 1. The van der Waals surface area contributed by atoms with Crippen LogP contribution in [0, 0.1) is 41.4 Å². The SMILES string of the molecule is CC(=O)N(N)C(=O)[C@@]12CC(F)(F)[C@@H](C)[C@H](C=Cc3ccc(-c4cccc(C)c4C#N)cn3)[C@@H]1[C@@H](C)OC2=O. The molecule has 2 fully saturated rings. The van der Waals surface area contributed by atoms with Crippen molar-refractivity contribution in [2.24, 2.45) is 29.0 Å². The second-order valence-corrected chi connectivity index (χ2v) is 10.0. The molecule has 2 heterocycles. The summed E-state index contributed by atoms with van der Waals surface area (Å²) < 4.78 is 36.0. The number of amides is 2. The van der Waals surface area contributed by atoms with Crippen molar-refractivity contribution >= 4 is 23.9 Å². The van der Waals surface area contributed by atoms with Crippen LogP contribution in [-0.2, 0) is 19.1 Å². The van der Waals surface area contributed by atoms with Gasteiger partial charge in [-0.15, -0.1) is 0 Å². The molecule has 198 valence electrons. The van der Waals surface area contributed by atoms with Gasteiger partial charge in [-0.1, -0.05) is 37.3 Å². The summed E-state index contributed by atoms with van der Waals surface area (Å²) in [6.07, 6.45) is 2.72. The van der Waals surface area contributed by atoms with Crippen molar-refractivity contribution in [1.29, 1.82) is 5.26 Å². The second kappa shape index (κ2) is 9.72. The second-order valence-electron chi connectivity index (χ2n) is 10.0. The van der Waals surface area contributed by atoms with Crippen LogP contribution < -0.4 is 5.84 Å². The smallest absolute Gasteiger partial charge is 0.322 e.